The third-order valence-electron chi connectivity index (χ3n) is 4.47. The highest BCUT2D eigenvalue weighted by molar-refractivity contribution is 7.92. The molecule has 0 amide bonds. The lowest BCUT2D eigenvalue weighted by Crippen LogP contribution is -2.16. The number of ether oxygens (including phenoxy) is 1. The van der Waals surface area contributed by atoms with Crippen molar-refractivity contribution in [1.29, 1.82) is 0 Å². The first-order chi connectivity index (χ1) is 14.8. The number of aromatic nitrogens is 2. The Morgan fingerprint density at radius 1 is 0.903 bits per heavy atom. The molecule has 0 aliphatic heterocycles. The summed E-state index contributed by atoms with van der Waals surface area (Å²) >= 11 is 0. The largest absolute Gasteiger partial charge is 0.497 e. The molecule has 0 spiro atoms. The second-order valence-corrected chi connectivity index (χ2v) is 8.52. The van der Waals surface area contributed by atoms with Crippen molar-refractivity contribution >= 4 is 38.4 Å². The number of hydrogen-bond donors (Lipinski definition) is 2. The number of halogens is 1. The number of nitrogens with one attached hydrogen (secondary N) is 2. The first-order valence-corrected chi connectivity index (χ1v) is 10.8. The van der Waals surface area contributed by atoms with Crippen molar-refractivity contribution in [2.24, 2.45) is 0 Å². The Morgan fingerprint density at radius 2 is 1.55 bits per heavy atom. The van der Waals surface area contributed by atoms with Crippen LogP contribution >= 0.6 is 0 Å². The summed E-state index contributed by atoms with van der Waals surface area (Å²) in [6, 6.07) is 17.2. The van der Waals surface area contributed by atoms with Crippen LogP contribution in [-0.4, -0.2) is 25.5 Å². The van der Waals surface area contributed by atoms with Gasteiger partial charge >= 0.3 is 0 Å². The van der Waals surface area contributed by atoms with Crippen LogP contribution < -0.4 is 14.8 Å². The summed E-state index contributed by atoms with van der Waals surface area (Å²) in [5.41, 5.74) is 2.72. The number of hydrogen-bond acceptors (Lipinski definition) is 6. The summed E-state index contributed by atoms with van der Waals surface area (Å²) in [7, 11) is -2.45. The highest BCUT2D eigenvalue weighted by Crippen LogP contribution is 2.29. The van der Waals surface area contributed by atoms with Gasteiger partial charge in [-0.2, -0.15) is 0 Å². The fourth-order valence-electron chi connectivity index (χ4n) is 3.03. The molecule has 4 rings (SSSR count). The highest BCUT2D eigenvalue weighted by atomic mass is 32.2. The van der Waals surface area contributed by atoms with Crippen molar-refractivity contribution in [3.8, 4) is 5.75 Å². The molecule has 31 heavy (non-hydrogen) atoms. The number of para-hydroxylation sites is 2. The van der Waals surface area contributed by atoms with Crippen LogP contribution in [0.3, 0.4) is 0 Å². The van der Waals surface area contributed by atoms with E-state index in [2.05, 4.69) is 20.0 Å². The van der Waals surface area contributed by atoms with Crippen LogP contribution in [0.1, 0.15) is 5.56 Å². The SMILES string of the molecule is COc1cc(C)cc(Nc2nc3ccccc3nc2NS(=O)(=O)c2ccc(F)cc2)c1. The molecular weight excluding hydrogens is 419 g/mol. The third-order valence-corrected chi connectivity index (χ3v) is 5.83. The molecule has 1 aromatic heterocycles. The average molecular weight is 438 g/mol. The van der Waals surface area contributed by atoms with Gasteiger partial charge < -0.3 is 10.1 Å². The van der Waals surface area contributed by atoms with Crippen molar-refractivity contribution in [3.05, 3.63) is 78.1 Å². The van der Waals surface area contributed by atoms with Crippen molar-refractivity contribution in [2.75, 3.05) is 17.1 Å². The quantitative estimate of drug-likeness (QED) is 0.456. The second kappa shape index (κ2) is 8.19. The molecule has 0 bridgehead atoms. The van der Waals surface area contributed by atoms with E-state index in [0.29, 0.717) is 22.5 Å². The maximum atomic E-state index is 13.2. The predicted octanol–water partition coefficient (Wildman–Crippen LogP) is 4.63. The third kappa shape index (κ3) is 4.56. The molecule has 0 aliphatic carbocycles. The molecule has 0 radical (unpaired) electrons. The number of benzene rings is 3. The molecule has 0 atom stereocenters. The molecule has 158 valence electrons. The summed E-state index contributed by atoms with van der Waals surface area (Å²) in [4.78, 5) is 8.90. The normalized spacial score (nSPS) is 11.3. The Hall–Kier alpha value is -3.72. The van der Waals surface area contributed by atoms with E-state index in [1.807, 2.05) is 25.1 Å². The lowest BCUT2D eigenvalue weighted by atomic mass is 10.2. The van der Waals surface area contributed by atoms with Gasteiger partial charge in [0.1, 0.15) is 11.6 Å². The van der Waals surface area contributed by atoms with E-state index < -0.39 is 15.8 Å². The van der Waals surface area contributed by atoms with Crippen molar-refractivity contribution < 1.29 is 17.5 Å². The van der Waals surface area contributed by atoms with E-state index in [1.54, 1.807) is 31.4 Å². The standard InChI is InChI=1S/C22H19FN4O3S/c1-14-11-16(13-17(12-14)30-2)24-21-22(26-20-6-4-3-5-19(20)25-21)27-31(28,29)18-9-7-15(23)8-10-18/h3-13H,1-2H3,(H,24,25)(H,26,27). The van der Waals surface area contributed by atoms with Gasteiger partial charge in [-0.3, -0.25) is 4.72 Å². The minimum Gasteiger partial charge on any atom is -0.497 e. The minimum absolute atomic E-state index is 0.0171. The smallest absolute Gasteiger partial charge is 0.263 e. The molecule has 9 heteroatoms. The van der Waals surface area contributed by atoms with E-state index in [-0.39, 0.29) is 16.5 Å². The molecule has 0 unspecified atom stereocenters. The zero-order valence-electron chi connectivity index (χ0n) is 16.8. The van der Waals surface area contributed by atoms with Crippen LogP contribution in [-0.2, 0) is 10.0 Å². The number of fused-ring (bicyclic) bond motifs is 1. The van der Waals surface area contributed by atoms with Crippen LogP contribution in [0.15, 0.2) is 71.6 Å². The molecule has 4 aromatic rings. The number of sulfonamides is 1. The molecule has 0 fully saturated rings. The lowest BCUT2D eigenvalue weighted by molar-refractivity contribution is 0.414. The Bertz CT molecular complexity index is 1360. The van der Waals surface area contributed by atoms with Crippen LogP contribution in [0.25, 0.3) is 11.0 Å². The summed E-state index contributed by atoms with van der Waals surface area (Å²) in [5.74, 6) is 0.352. The van der Waals surface area contributed by atoms with Gasteiger partial charge in [0, 0.05) is 11.8 Å². The topological polar surface area (TPSA) is 93.2 Å². The summed E-state index contributed by atoms with van der Waals surface area (Å²) in [6.07, 6.45) is 0. The molecule has 0 saturated heterocycles. The van der Waals surface area contributed by atoms with Gasteiger partial charge in [-0.1, -0.05) is 12.1 Å². The fourth-order valence-corrected chi connectivity index (χ4v) is 4.04. The maximum Gasteiger partial charge on any atom is 0.263 e. The van der Waals surface area contributed by atoms with Crippen LogP contribution in [0, 0.1) is 12.7 Å². The zero-order chi connectivity index (χ0) is 22.0. The molecule has 7 nitrogen and oxygen atoms in total. The van der Waals surface area contributed by atoms with Gasteiger partial charge in [-0.05, 0) is 61.0 Å². The second-order valence-electron chi connectivity index (χ2n) is 6.83. The van der Waals surface area contributed by atoms with E-state index in [1.165, 1.54) is 12.1 Å². The Balaban J connectivity index is 1.78. The fraction of sp³-hybridized carbons (Fsp3) is 0.0909. The van der Waals surface area contributed by atoms with Gasteiger partial charge in [0.15, 0.2) is 11.6 Å². The van der Waals surface area contributed by atoms with Gasteiger partial charge in [0.05, 0.1) is 23.0 Å². The van der Waals surface area contributed by atoms with Crippen LogP contribution in [0.2, 0.25) is 0 Å². The average Bonchev–Trinajstić information content (AvgIpc) is 2.74. The first-order valence-electron chi connectivity index (χ1n) is 9.32. The Labute approximate surface area is 179 Å². The number of nitrogens with zero attached hydrogens (tertiary/aromatic N) is 2. The number of aryl methyl sites for hydroxylation is 1. The summed E-state index contributed by atoms with van der Waals surface area (Å²) in [5, 5.41) is 3.12. The highest BCUT2D eigenvalue weighted by Gasteiger charge is 2.19. The molecule has 1 heterocycles. The minimum atomic E-state index is -4.02. The number of methoxy groups -OCH3 is 1. The zero-order valence-corrected chi connectivity index (χ0v) is 17.6. The number of anilines is 3. The maximum absolute atomic E-state index is 13.2. The number of rotatable bonds is 6. The van der Waals surface area contributed by atoms with Crippen molar-refractivity contribution in [2.45, 2.75) is 11.8 Å². The van der Waals surface area contributed by atoms with Gasteiger partial charge in [0.25, 0.3) is 10.0 Å². The molecule has 2 N–H and O–H groups in total. The van der Waals surface area contributed by atoms with Gasteiger partial charge in [-0.15, -0.1) is 0 Å². The van der Waals surface area contributed by atoms with E-state index in [9.17, 15) is 12.8 Å². The molecule has 0 saturated carbocycles. The van der Waals surface area contributed by atoms with Crippen LogP contribution in [0.5, 0.6) is 5.75 Å². The molecule has 0 aliphatic rings. The van der Waals surface area contributed by atoms with E-state index in [0.717, 1.165) is 17.7 Å². The van der Waals surface area contributed by atoms with Crippen molar-refractivity contribution in [3.63, 3.8) is 0 Å². The van der Waals surface area contributed by atoms with E-state index >= 15 is 0 Å². The predicted molar refractivity (Wildman–Crippen MR) is 118 cm³/mol. The first kappa shape index (κ1) is 20.5. The molecule has 3 aromatic carbocycles. The Kier molecular flexibility index (Phi) is 5.43. The van der Waals surface area contributed by atoms with Gasteiger partial charge in [0.2, 0.25) is 0 Å². The van der Waals surface area contributed by atoms with Crippen molar-refractivity contribution in [1.82, 2.24) is 9.97 Å². The monoisotopic (exact) mass is 438 g/mol. The van der Waals surface area contributed by atoms with E-state index in [4.69, 9.17) is 4.74 Å². The van der Waals surface area contributed by atoms with Crippen LogP contribution in [0.4, 0.5) is 21.7 Å². The molecular formula is C22H19FN4O3S. The summed E-state index contributed by atoms with van der Waals surface area (Å²) in [6.45, 7) is 1.91. The van der Waals surface area contributed by atoms with Gasteiger partial charge in [-0.25, -0.2) is 22.8 Å². The summed E-state index contributed by atoms with van der Waals surface area (Å²) < 4.78 is 46.7. The Morgan fingerprint density at radius 3 is 2.19 bits per heavy atom. The lowest BCUT2D eigenvalue weighted by Gasteiger charge is -2.15.